The molecule has 1 aromatic carbocycles. The lowest BCUT2D eigenvalue weighted by Crippen LogP contribution is -2.23. The molecule has 0 fully saturated rings. The topological polar surface area (TPSA) is 41.5 Å². The van der Waals surface area contributed by atoms with Crippen molar-refractivity contribution in [2.24, 2.45) is 0 Å². The molecule has 1 atom stereocenters. The highest BCUT2D eigenvalue weighted by atomic mass is 32.2. The normalized spacial score (nSPS) is 12.4. The van der Waals surface area contributed by atoms with Crippen molar-refractivity contribution in [1.82, 2.24) is 5.32 Å². The zero-order valence-corrected chi connectivity index (χ0v) is 11.3. The number of hydrogen-bond acceptors (Lipinski definition) is 4. The van der Waals surface area contributed by atoms with Crippen LogP contribution in [0.15, 0.2) is 24.3 Å². The van der Waals surface area contributed by atoms with Crippen LogP contribution in [0.1, 0.15) is 18.5 Å². The third-order valence-corrected chi connectivity index (χ3v) is 3.53. The van der Waals surface area contributed by atoms with Gasteiger partial charge in [-0.25, -0.2) is 0 Å². The molecule has 1 aromatic rings. The number of hydrogen-bond donors (Lipinski definition) is 2. The fourth-order valence-electron chi connectivity index (χ4n) is 1.62. The minimum Gasteiger partial charge on any atom is -0.497 e. The molecule has 0 heterocycles. The Balaban J connectivity index is 2.60. The van der Waals surface area contributed by atoms with E-state index in [9.17, 15) is 0 Å². The van der Waals surface area contributed by atoms with Gasteiger partial charge in [-0.3, -0.25) is 0 Å². The van der Waals surface area contributed by atoms with Crippen LogP contribution in [0.25, 0.3) is 0 Å². The van der Waals surface area contributed by atoms with Crippen LogP contribution in [0.3, 0.4) is 0 Å². The number of nitrogens with one attached hydrogen (secondary N) is 1. The Bertz CT molecular complexity index is 303. The maximum Gasteiger partial charge on any atom is 0.118 e. The average Bonchev–Trinajstić information content (AvgIpc) is 2.38. The largest absolute Gasteiger partial charge is 0.497 e. The Labute approximate surface area is 108 Å². The lowest BCUT2D eigenvalue weighted by atomic mass is 10.1. The molecule has 1 rings (SSSR count). The summed E-state index contributed by atoms with van der Waals surface area (Å²) in [5, 5.41) is 12.2. The predicted molar refractivity (Wildman–Crippen MR) is 73.8 cm³/mol. The number of rotatable bonds is 8. The van der Waals surface area contributed by atoms with Gasteiger partial charge in [-0.15, -0.1) is 0 Å². The van der Waals surface area contributed by atoms with Crippen molar-refractivity contribution < 1.29 is 9.84 Å². The molecule has 0 aromatic heterocycles. The van der Waals surface area contributed by atoms with Crippen molar-refractivity contribution in [2.45, 2.75) is 13.0 Å². The molecule has 0 aliphatic carbocycles. The SMILES string of the molecule is CCNC(CSCCO)c1ccc(OC)cc1. The van der Waals surface area contributed by atoms with Crippen molar-refractivity contribution in [2.75, 3.05) is 31.8 Å². The van der Waals surface area contributed by atoms with E-state index in [0.29, 0.717) is 6.04 Å². The summed E-state index contributed by atoms with van der Waals surface area (Å²) in [6.07, 6.45) is 0. The molecule has 96 valence electrons. The first-order chi connectivity index (χ1) is 8.31. The molecular weight excluding hydrogens is 234 g/mol. The van der Waals surface area contributed by atoms with Gasteiger partial charge in [0.15, 0.2) is 0 Å². The van der Waals surface area contributed by atoms with Crippen LogP contribution >= 0.6 is 11.8 Å². The first-order valence-electron chi connectivity index (χ1n) is 5.87. The minimum absolute atomic E-state index is 0.242. The minimum atomic E-state index is 0.242. The summed E-state index contributed by atoms with van der Waals surface area (Å²) in [5.74, 6) is 2.64. The van der Waals surface area contributed by atoms with E-state index in [1.807, 2.05) is 12.1 Å². The van der Waals surface area contributed by atoms with E-state index in [-0.39, 0.29) is 6.61 Å². The van der Waals surface area contributed by atoms with Gasteiger partial charge in [0.2, 0.25) is 0 Å². The van der Waals surface area contributed by atoms with Crippen molar-refractivity contribution in [3.63, 3.8) is 0 Å². The van der Waals surface area contributed by atoms with Gasteiger partial charge in [-0.1, -0.05) is 19.1 Å². The number of thioether (sulfide) groups is 1. The summed E-state index contributed by atoms with van der Waals surface area (Å²) >= 11 is 1.76. The first kappa shape index (κ1) is 14.4. The van der Waals surface area contributed by atoms with Crippen LogP contribution in [-0.2, 0) is 0 Å². The highest BCUT2D eigenvalue weighted by Gasteiger charge is 2.09. The Morgan fingerprint density at radius 3 is 2.59 bits per heavy atom. The van der Waals surface area contributed by atoms with E-state index in [4.69, 9.17) is 9.84 Å². The van der Waals surface area contributed by atoms with Crippen molar-refractivity contribution in [3.05, 3.63) is 29.8 Å². The summed E-state index contributed by atoms with van der Waals surface area (Å²) in [5.41, 5.74) is 1.26. The van der Waals surface area contributed by atoms with E-state index in [2.05, 4.69) is 24.4 Å². The van der Waals surface area contributed by atoms with Gasteiger partial charge in [0.1, 0.15) is 5.75 Å². The van der Waals surface area contributed by atoms with Gasteiger partial charge in [-0.05, 0) is 24.2 Å². The van der Waals surface area contributed by atoms with Crippen LogP contribution in [0.5, 0.6) is 5.75 Å². The lowest BCUT2D eigenvalue weighted by molar-refractivity contribution is 0.322. The van der Waals surface area contributed by atoms with Crippen LogP contribution in [0.2, 0.25) is 0 Å². The number of ether oxygens (including phenoxy) is 1. The Kier molecular flexibility index (Phi) is 7.08. The molecule has 4 heteroatoms. The third-order valence-electron chi connectivity index (χ3n) is 2.49. The molecule has 0 spiro atoms. The Morgan fingerprint density at radius 2 is 2.06 bits per heavy atom. The fourth-order valence-corrected chi connectivity index (χ4v) is 2.46. The van der Waals surface area contributed by atoms with Crippen molar-refractivity contribution >= 4 is 11.8 Å². The zero-order valence-electron chi connectivity index (χ0n) is 10.5. The second-order valence-electron chi connectivity index (χ2n) is 3.68. The number of aliphatic hydroxyl groups is 1. The van der Waals surface area contributed by atoms with Gasteiger partial charge >= 0.3 is 0 Å². The summed E-state index contributed by atoms with van der Waals surface area (Å²) in [7, 11) is 1.67. The summed E-state index contributed by atoms with van der Waals surface area (Å²) in [4.78, 5) is 0. The summed E-state index contributed by atoms with van der Waals surface area (Å²) < 4.78 is 5.15. The zero-order chi connectivity index (χ0) is 12.5. The fraction of sp³-hybridized carbons (Fsp3) is 0.538. The Hall–Kier alpha value is -0.710. The number of methoxy groups -OCH3 is 1. The van der Waals surface area contributed by atoms with Gasteiger partial charge in [0.25, 0.3) is 0 Å². The van der Waals surface area contributed by atoms with Gasteiger partial charge < -0.3 is 15.2 Å². The van der Waals surface area contributed by atoms with Crippen LogP contribution < -0.4 is 10.1 Å². The highest BCUT2D eigenvalue weighted by molar-refractivity contribution is 7.99. The molecule has 0 bridgehead atoms. The monoisotopic (exact) mass is 255 g/mol. The lowest BCUT2D eigenvalue weighted by Gasteiger charge is -2.18. The number of aliphatic hydroxyl groups excluding tert-OH is 1. The summed E-state index contributed by atoms with van der Waals surface area (Å²) in [6, 6.07) is 8.48. The van der Waals surface area contributed by atoms with Gasteiger partial charge in [0.05, 0.1) is 13.7 Å². The molecule has 0 radical (unpaired) electrons. The van der Waals surface area contributed by atoms with Crippen LogP contribution in [-0.4, -0.2) is 36.9 Å². The van der Waals surface area contributed by atoms with E-state index >= 15 is 0 Å². The van der Waals surface area contributed by atoms with Crippen molar-refractivity contribution in [1.29, 1.82) is 0 Å². The van der Waals surface area contributed by atoms with Crippen LogP contribution in [0.4, 0.5) is 0 Å². The number of benzene rings is 1. The average molecular weight is 255 g/mol. The molecule has 0 saturated heterocycles. The molecule has 0 aliphatic heterocycles. The first-order valence-corrected chi connectivity index (χ1v) is 7.03. The smallest absolute Gasteiger partial charge is 0.118 e. The van der Waals surface area contributed by atoms with E-state index in [1.165, 1.54) is 5.56 Å². The highest BCUT2D eigenvalue weighted by Crippen LogP contribution is 2.21. The Morgan fingerprint density at radius 1 is 1.35 bits per heavy atom. The summed E-state index contributed by atoms with van der Waals surface area (Å²) in [6.45, 7) is 3.29. The second kappa shape index (κ2) is 8.39. The standard InChI is InChI=1S/C13H21NO2S/c1-3-14-13(10-17-9-8-15)11-4-6-12(16-2)7-5-11/h4-7,13-15H,3,8-10H2,1-2H3. The van der Waals surface area contributed by atoms with E-state index in [0.717, 1.165) is 23.8 Å². The second-order valence-corrected chi connectivity index (χ2v) is 4.83. The molecule has 1 unspecified atom stereocenters. The van der Waals surface area contributed by atoms with Gasteiger partial charge in [0, 0.05) is 17.5 Å². The molecule has 3 nitrogen and oxygen atoms in total. The van der Waals surface area contributed by atoms with E-state index in [1.54, 1.807) is 18.9 Å². The van der Waals surface area contributed by atoms with Gasteiger partial charge in [-0.2, -0.15) is 11.8 Å². The van der Waals surface area contributed by atoms with Crippen molar-refractivity contribution in [3.8, 4) is 5.75 Å². The molecule has 2 N–H and O–H groups in total. The predicted octanol–water partition coefficient (Wildman–Crippen LogP) is 2.07. The maximum atomic E-state index is 8.79. The molecule has 0 aliphatic rings. The molecular formula is C13H21NO2S. The molecule has 0 amide bonds. The third kappa shape index (κ3) is 4.98. The van der Waals surface area contributed by atoms with Crippen LogP contribution in [0, 0.1) is 0 Å². The quantitative estimate of drug-likeness (QED) is 0.698. The van der Waals surface area contributed by atoms with E-state index < -0.39 is 0 Å². The molecule has 0 saturated carbocycles. The molecule has 17 heavy (non-hydrogen) atoms. The maximum absolute atomic E-state index is 8.79.